The maximum Gasteiger partial charge on any atom is 0.272 e. The summed E-state index contributed by atoms with van der Waals surface area (Å²) in [7, 11) is 2.82. The average molecular weight is 408 g/mol. The summed E-state index contributed by atoms with van der Waals surface area (Å²) in [6, 6.07) is 9.16. The van der Waals surface area contributed by atoms with Gasteiger partial charge < -0.3 is 15.0 Å². The van der Waals surface area contributed by atoms with Gasteiger partial charge in [-0.15, -0.1) is 0 Å². The molecular formula is C21H33N3O5. The van der Waals surface area contributed by atoms with Crippen molar-refractivity contribution in [2.45, 2.75) is 52.2 Å². The Bertz CT molecular complexity index is 673. The lowest BCUT2D eigenvalue weighted by molar-refractivity contribution is -0.151. The Hall–Kier alpha value is -2.45. The molecule has 0 bridgehead atoms. The van der Waals surface area contributed by atoms with Crippen LogP contribution in [-0.4, -0.2) is 60.7 Å². The summed E-state index contributed by atoms with van der Waals surface area (Å²) < 4.78 is 5.03. The lowest BCUT2D eigenvalue weighted by atomic mass is 9.84. The summed E-state index contributed by atoms with van der Waals surface area (Å²) >= 11 is 0. The standard InChI is InChI=1S/C21H33N3O5/c1-21(2,3)18(20(27)22-4)24(13-9-12-15-10-7-6-8-11-15)17(25)14-16(29-5)19(26)23-28/h6-8,10-11,16,18,28H,9,12-14H2,1-5H3,(H,22,27)(H,23,26)/t16-,18?/m0/s1. The number of carbonyl (C=O) groups excluding carboxylic acids is 3. The summed E-state index contributed by atoms with van der Waals surface area (Å²) in [5.41, 5.74) is 2.12. The molecule has 1 aromatic rings. The molecule has 0 saturated heterocycles. The van der Waals surface area contributed by atoms with Gasteiger partial charge in [0.05, 0.1) is 6.42 Å². The molecule has 0 aliphatic carbocycles. The van der Waals surface area contributed by atoms with Gasteiger partial charge in [0.1, 0.15) is 12.1 Å². The van der Waals surface area contributed by atoms with E-state index in [-0.39, 0.29) is 12.3 Å². The molecule has 0 aliphatic heterocycles. The minimum absolute atomic E-state index is 0.272. The number of carbonyl (C=O) groups is 3. The predicted molar refractivity (Wildman–Crippen MR) is 109 cm³/mol. The third-order valence-corrected chi connectivity index (χ3v) is 4.70. The van der Waals surface area contributed by atoms with E-state index >= 15 is 0 Å². The number of hydroxylamine groups is 1. The number of hydrogen-bond donors (Lipinski definition) is 3. The molecule has 0 heterocycles. The van der Waals surface area contributed by atoms with Crippen molar-refractivity contribution >= 4 is 17.7 Å². The number of amides is 3. The fraction of sp³-hybridized carbons (Fsp3) is 0.571. The van der Waals surface area contributed by atoms with Crippen molar-refractivity contribution in [3.8, 4) is 0 Å². The molecule has 8 heteroatoms. The lowest BCUT2D eigenvalue weighted by Gasteiger charge is -2.39. The topological polar surface area (TPSA) is 108 Å². The van der Waals surface area contributed by atoms with Crippen LogP contribution in [0.3, 0.4) is 0 Å². The highest BCUT2D eigenvalue weighted by Crippen LogP contribution is 2.26. The molecule has 0 aromatic heterocycles. The molecule has 0 aliphatic rings. The third kappa shape index (κ3) is 7.47. The maximum atomic E-state index is 13.1. The zero-order valence-corrected chi connectivity index (χ0v) is 17.9. The lowest BCUT2D eigenvalue weighted by Crippen LogP contribution is -2.56. The Morgan fingerprint density at radius 3 is 2.24 bits per heavy atom. The zero-order valence-electron chi connectivity index (χ0n) is 17.9. The van der Waals surface area contributed by atoms with Crippen molar-refractivity contribution in [3.63, 3.8) is 0 Å². The van der Waals surface area contributed by atoms with E-state index in [0.29, 0.717) is 13.0 Å². The van der Waals surface area contributed by atoms with Gasteiger partial charge in [0, 0.05) is 20.7 Å². The normalized spacial score (nSPS) is 13.3. The molecule has 2 atom stereocenters. The fourth-order valence-electron chi connectivity index (χ4n) is 3.27. The summed E-state index contributed by atoms with van der Waals surface area (Å²) in [5.74, 6) is -1.47. The van der Waals surface area contributed by atoms with Gasteiger partial charge in [0.15, 0.2) is 0 Å². The van der Waals surface area contributed by atoms with Crippen molar-refractivity contribution in [1.29, 1.82) is 0 Å². The van der Waals surface area contributed by atoms with Crippen LogP contribution >= 0.6 is 0 Å². The number of ether oxygens (including phenoxy) is 1. The molecule has 8 nitrogen and oxygen atoms in total. The molecule has 29 heavy (non-hydrogen) atoms. The molecule has 0 saturated carbocycles. The van der Waals surface area contributed by atoms with Crippen LogP contribution < -0.4 is 10.8 Å². The first-order valence-electron chi connectivity index (χ1n) is 9.67. The summed E-state index contributed by atoms with van der Waals surface area (Å²) in [6.45, 7) is 6.01. The van der Waals surface area contributed by atoms with E-state index in [2.05, 4.69) is 5.32 Å². The van der Waals surface area contributed by atoms with Gasteiger partial charge in [-0.1, -0.05) is 51.1 Å². The van der Waals surface area contributed by atoms with E-state index < -0.39 is 29.4 Å². The van der Waals surface area contributed by atoms with Gasteiger partial charge in [-0.3, -0.25) is 19.6 Å². The van der Waals surface area contributed by atoms with Crippen LogP contribution in [0.1, 0.15) is 39.2 Å². The number of likely N-dealkylation sites (N-methyl/N-ethyl adjacent to an activating group) is 1. The SMILES string of the molecule is CNC(=O)C(N(CCCc1ccccc1)C(=O)C[C@H](OC)C(=O)NO)C(C)(C)C. The molecule has 162 valence electrons. The monoisotopic (exact) mass is 407 g/mol. The molecule has 1 aromatic carbocycles. The highest BCUT2D eigenvalue weighted by Gasteiger charge is 2.39. The van der Waals surface area contributed by atoms with Crippen molar-refractivity contribution in [3.05, 3.63) is 35.9 Å². The van der Waals surface area contributed by atoms with Gasteiger partial charge in [0.25, 0.3) is 5.91 Å². The highest BCUT2D eigenvalue weighted by atomic mass is 16.5. The second kappa shape index (κ2) is 11.5. The Labute approximate surface area is 172 Å². The highest BCUT2D eigenvalue weighted by molar-refractivity contribution is 5.91. The second-order valence-electron chi connectivity index (χ2n) is 7.96. The van der Waals surface area contributed by atoms with Gasteiger partial charge in [-0.05, 0) is 23.8 Å². The molecule has 1 rings (SSSR count). The summed E-state index contributed by atoms with van der Waals surface area (Å²) in [5, 5.41) is 11.5. The van der Waals surface area contributed by atoms with E-state index in [1.807, 2.05) is 51.1 Å². The van der Waals surface area contributed by atoms with Gasteiger partial charge in [-0.25, -0.2) is 5.48 Å². The second-order valence-corrected chi connectivity index (χ2v) is 7.96. The number of benzene rings is 1. The van der Waals surface area contributed by atoms with E-state index in [9.17, 15) is 14.4 Å². The first-order valence-corrected chi connectivity index (χ1v) is 9.67. The Kier molecular flexibility index (Phi) is 9.77. The van der Waals surface area contributed by atoms with Crippen LogP contribution in [0, 0.1) is 5.41 Å². The van der Waals surface area contributed by atoms with Gasteiger partial charge in [0.2, 0.25) is 11.8 Å². The van der Waals surface area contributed by atoms with Gasteiger partial charge in [-0.2, -0.15) is 0 Å². The third-order valence-electron chi connectivity index (χ3n) is 4.70. The molecule has 3 amide bonds. The van der Waals surface area contributed by atoms with E-state index in [1.165, 1.54) is 24.5 Å². The summed E-state index contributed by atoms with van der Waals surface area (Å²) in [6.07, 6.45) is -0.0180. The smallest absolute Gasteiger partial charge is 0.272 e. The van der Waals surface area contributed by atoms with E-state index in [0.717, 1.165) is 12.0 Å². The van der Waals surface area contributed by atoms with Crippen LogP contribution in [0.5, 0.6) is 0 Å². The number of aryl methyl sites for hydroxylation is 1. The molecule has 0 fully saturated rings. The molecule has 3 N–H and O–H groups in total. The molecule has 0 radical (unpaired) electrons. The Balaban J connectivity index is 3.06. The van der Waals surface area contributed by atoms with Gasteiger partial charge >= 0.3 is 0 Å². The maximum absolute atomic E-state index is 13.1. The largest absolute Gasteiger partial charge is 0.371 e. The van der Waals surface area contributed by atoms with Crippen LogP contribution in [0.4, 0.5) is 0 Å². The average Bonchev–Trinajstić information content (AvgIpc) is 2.69. The van der Waals surface area contributed by atoms with Crippen LogP contribution in [0.2, 0.25) is 0 Å². The van der Waals surface area contributed by atoms with Crippen molar-refractivity contribution in [1.82, 2.24) is 15.7 Å². The number of rotatable bonds is 10. The van der Waals surface area contributed by atoms with Crippen molar-refractivity contribution < 1.29 is 24.3 Å². The number of methoxy groups -OCH3 is 1. The number of nitrogens with zero attached hydrogens (tertiary/aromatic N) is 1. The first kappa shape index (κ1) is 24.6. The number of hydrogen-bond acceptors (Lipinski definition) is 5. The van der Waals surface area contributed by atoms with Crippen molar-refractivity contribution in [2.24, 2.45) is 5.41 Å². The molecular weight excluding hydrogens is 374 g/mol. The fourth-order valence-corrected chi connectivity index (χ4v) is 3.27. The minimum atomic E-state index is -1.14. The van der Waals surface area contributed by atoms with E-state index in [1.54, 1.807) is 0 Å². The minimum Gasteiger partial charge on any atom is -0.371 e. The Morgan fingerprint density at radius 2 is 1.76 bits per heavy atom. The Morgan fingerprint density at radius 1 is 1.14 bits per heavy atom. The summed E-state index contributed by atoms with van der Waals surface area (Å²) in [4.78, 5) is 38.9. The zero-order chi connectivity index (χ0) is 22.0. The quantitative estimate of drug-likeness (QED) is 0.403. The first-order chi connectivity index (χ1) is 13.6. The van der Waals surface area contributed by atoms with Crippen LogP contribution in [0.25, 0.3) is 0 Å². The molecule has 0 spiro atoms. The van der Waals surface area contributed by atoms with Crippen LogP contribution in [0.15, 0.2) is 30.3 Å². The number of nitrogens with one attached hydrogen (secondary N) is 2. The van der Waals surface area contributed by atoms with Crippen LogP contribution in [-0.2, 0) is 25.5 Å². The molecule has 1 unspecified atom stereocenters. The van der Waals surface area contributed by atoms with E-state index in [4.69, 9.17) is 9.94 Å². The van der Waals surface area contributed by atoms with Crippen molar-refractivity contribution in [2.75, 3.05) is 20.7 Å². The predicted octanol–water partition coefficient (Wildman–Crippen LogP) is 1.52.